The number of aliphatic hydroxyl groups excluding tert-OH is 3. The monoisotopic (exact) mass is 987 g/mol. The fourth-order valence-electron chi connectivity index (χ4n) is 7.40. The highest BCUT2D eigenvalue weighted by Gasteiger charge is 2.46. The van der Waals surface area contributed by atoms with Gasteiger partial charge in [-0.3, -0.25) is 43.2 Å². The van der Waals surface area contributed by atoms with Crippen molar-refractivity contribution in [1.29, 1.82) is 0 Å². The number of nitrogens with two attached hydrogens (primary N) is 1. The molecule has 24 nitrogen and oxygen atoms in total. The van der Waals surface area contributed by atoms with E-state index >= 15 is 0 Å². The molecule has 3 aromatic rings. The van der Waals surface area contributed by atoms with Gasteiger partial charge in [-0.2, -0.15) is 0 Å². The summed E-state index contributed by atoms with van der Waals surface area (Å²) in [6.07, 6.45) is 2.76. The molecule has 8 atom stereocenters. The van der Waals surface area contributed by atoms with Gasteiger partial charge in [-0.1, -0.05) is 59.8 Å². The number of carbonyl (C=O) groups excluding carboxylic acids is 9. The van der Waals surface area contributed by atoms with E-state index in [-0.39, 0.29) is 43.1 Å². The second kappa shape index (κ2) is 28.2. The Morgan fingerprint density at radius 1 is 0.761 bits per heavy atom. The van der Waals surface area contributed by atoms with Crippen molar-refractivity contribution in [2.75, 3.05) is 26.2 Å². The Morgan fingerprint density at radius 2 is 1.38 bits per heavy atom. The van der Waals surface area contributed by atoms with Crippen molar-refractivity contribution in [2.24, 2.45) is 5.73 Å². The number of terminal acetylenes is 1. The number of primary amides is 1. The Balaban J connectivity index is 1.41. The van der Waals surface area contributed by atoms with Crippen LogP contribution in [-0.4, -0.2) is 152 Å². The molecule has 24 heteroatoms. The molecule has 0 spiro atoms. The zero-order valence-corrected chi connectivity index (χ0v) is 39.3. The summed E-state index contributed by atoms with van der Waals surface area (Å²) < 4.78 is 6.81. The maximum absolute atomic E-state index is 13.7. The SMILES string of the molecule is C#CCCCC(=O)NCCCC[C@H](NC(=O)CNC(=O)[C@H](Cc1ccc(C(=O)c2ccccc2)cc1)NC(=O)CNC(=O)[C@H](Cc1cn([C@@H]2O[C@H](CO)[C@@H](O)[C@H](O)[C@H]2NC(C)=O)nn1)NC(C)=O)C(N)=O. The minimum atomic E-state index is -1.58. The molecule has 0 unspecified atom stereocenters. The summed E-state index contributed by atoms with van der Waals surface area (Å²) in [7, 11) is 0. The summed E-state index contributed by atoms with van der Waals surface area (Å²) in [5, 5.41) is 56.4. The molecule has 0 aliphatic carbocycles. The van der Waals surface area contributed by atoms with Crippen LogP contribution in [0.3, 0.4) is 0 Å². The maximum Gasteiger partial charge on any atom is 0.243 e. The molecule has 71 heavy (non-hydrogen) atoms. The lowest BCUT2D eigenvalue weighted by atomic mass is 9.96. The molecule has 0 saturated carbocycles. The first-order valence-electron chi connectivity index (χ1n) is 22.8. The molecule has 0 radical (unpaired) electrons. The van der Waals surface area contributed by atoms with Crippen LogP contribution in [0.25, 0.3) is 0 Å². The first kappa shape index (κ1) is 56.0. The summed E-state index contributed by atoms with van der Waals surface area (Å²) >= 11 is 0. The van der Waals surface area contributed by atoms with Crippen LogP contribution >= 0.6 is 0 Å². The lowest BCUT2D eigenvalue weighted by Gasteiger charge is -2.42. The van der Waals surface area contributed by atoms with Crippen LogP contribution in [0.5, 0.6) is 0 Å². The van der Waals surface area contributed by atoms with Crippen molar-refractivity contribution in [1.82, 2.24) is 52.2 Å². The van der Waals surface area contributed by atoms with E-state index in [1.165, 1.54) is 13.1 Å². The maximum atomic E-state index is 13.7. The van der Waals surface area contributed by atoms with Crippen LogP contribution in [0.4, 0.5) is 0 Å². The number of amides is 8. The van der Waals surface area contributed by atoms with Gasteiger partial charge in [-0.05, 0) is 31.2 Å². The van der Waals surface area contributed by atoms with E-state index in [2.05, 4.69) is 53.5 Å². The highest BCUT2D eigenvalue weighted by molar-refractivity contribution is 6.09. The zero-order chi connectivity index (χ0) is 52.0. The molecule has 1 aromatic heterocycles. The molecule has 1 fully saturated rings. The lowest BCUT2D eigenvalue weighted by Crippen LogP contribution is -2.62. The van der Waals surface area contributed by atoms with Gasteiger partial charge in [0.2, 0.25) is 47.3 Å². The molecule has 2 heterocycles. The van der Waals surface area contributed by atoms with Gasteiger partial charge in [0.05, 0.1) is 31.6 Å². The number of carbonyl (C=O) groups is 9. The summed E-state index contributed by atoms with van der Waals surface area (Å²) in [5.41, 5.74) is 6.94. The van der Waals surface area contributed by atoms with Gasteiger partial charge < -0.3 is 63.0 Å². The van der Waals surface area contributed by atoms with Gasteiger partial charge in [0, 0.05) is 57.2 Å². The molecule has 1 aliphatic rings. The standard InChI is InChI=1S/C47H61N11O13/c1-4-5-7-15-37(62)49-20-11-10-14-33(44(48)68)54-38(63)23-50-45(69)34(21-29-16-18-31(19-17-29)41(65)30-12-8-6-9-13-30)55-39(64)24-51-46(70)35(52-27(2)60)22-32-25-58(57-56-32)47-40(53-28(3)61)43(67)42(66)36(26-59)71-47/h1,6,8-9,12-13,16-19,25,33-36,40,42-43,47,59,66-67H,5,7,10-11,14-15,20-24,26H2,2-3H3,(H2,48,68)(H,49,62)(H,50,69)(H,51,70)(H,52,60)(H,53,61)(H,54,63)(H,55,64)/t33-,34-,35-,36+,40+,42+,43+,47+/m0/s1. The van der Waals surface area contributed by atoms with Crippen LogP contribution in [0.1, 0.15) is 85.8 Å². The second-order valence-electron chi connectivity index (χ2n) is 16.7. The minimum Gasteiger partial charge on any atom is -0.394 e. The fraction of sp³-hybridized carbons (Fsp3) is 0.468. The zero-order valence-electron chi connectivity index (χ0n) is 39.3. The largest absolute Gasteiger partial charge is 0.394 e. The van der Waals surface area contributed by atoms with Crippen molar-refractivity contribution >= 4 is 53.0 Å². The van der Waals surface area contributed by atoms with E-state index in [1.807, 2.05) is 0 Å². The number of hydrogen-bond acceptors (Lipinski definition) is 15. The third-order valence-corrected chi connectivity index (χ3v) is 11.0. The van der Waals surface area contributed by atoms with Crippen molar-refractivity contribution in [3.63, 3.8) is 0 Å². The van der Waals surface area contributed by atoms with Crippen LogP contribution in [0.2, 0.25) is 0 Å². The van der Waals surface area contributed by atoms with Crippen LogP contribution in [-0.2, 0) is 55.9 Å². The number of hydrogen-bond donors (Lipinski definition) is 11. The average molecular weight is 988 g/mol. The number of benzene rings is 2. The van der Waals surface area contributed by atoms with Gasteiger partial charge in [0.1, 0.15) is 42.5 Å². The van der Waals surface area contributed by atoms with E-state index < -0.39 is 110 Å². The summed E-state index contributed by atoms with van der Waals surface area (Å²) in [6.45, 7) is 0.643. The number of unbranched alkanes of at least 4 members (excludes halogenated alkanes) is 2. The molecule has 12 N–H and O–H groups in total. The third kappa shape index (κ3) is 18.0. The first-order chi connectivity index (χ1) is 33.9. The second-order valence-corrected chi connectivity index (χ2v) is 16.7. The number of aliphatic hydroxyl groups is 3. The summed E-state index contributed by atoms with van der Waals surface area (Å²) in [6, 6.07) is 9.81. The molecular formula is C47H61N11O13. The smallest absolute Gasteiger partial charge is 0.243 e. The van der Waals surface area contributed by atoms with E-state index in [0.717, 1.165) is 11.6 Å². The van der Waals surface area contributed by atoms with Gasteiger partial charge in [0.25, 0.3) is 0 Å². The molecule has 4 rings (SSSR count). The van der Waals surface area contributed by atoms with Crippen molar-refractivity contribution < 1.29 is 63.2 Å². The molecule has 8 amide bonds. The molecule has 2 aromatic carbocycles. The predicted octanol–water partition coefficient (Wildman–Crippen LogP) is -3.31. The first-order valence-corrected chi connectivity index (χ1v) is 22.8. The molecule has 1 aliphatic heterocycles. The Bertz CT molecular complexity index is 2370. The topological polar surface area (TPSA) is 364 Å². The van der Waals surface area contributed by atoms with Crippen molar-refractivity contribution in [2.45, 2.75) is 114 Å². The highest BCUT2D eigenvalue weighted by Crippen LogP contribution is 2.28. The van der Waals surface area contributed by atoms with Crippen molar-refractivity contribution in [3.05, 3.63) is 83.2 Å². The fourth-order valence-corrected chi connectivity index (χ4v) is 7.40. The van der Waals surface area contributed by atoms with E-state index in [9.17, 15) is 58.5 Å². The number of nitrogens with one attached hydrogen (secondary N) is 7. The quantitative estimate of drug-likeness (QED) is 0.0202. The molecule has 382 valence electrons. The van der Waals surface area contributed by atoms with Crippen LogP contribution in [0, 0.1) is 12.3 Å². The normalized spacial score (nSPS) is 18.5. The molecule has 0 bridgehead atoms. The Hall–Kier alpha value is -7.59. The van der Waals surface area contributed by atoms with E-state index in [0.29, 0.717) is 48.9 Å². The van der Waals surface area contributed by atoms with E-state index in [4.69, 9.17) is 16.9 Å². The Labute approximate surface area is 409 Å². The van der Waals surface area contributed by atoms with Gasteiger partial charge in [-0.25, -0.2) is 4.68 Å². The predicted molar refractivity (Wildman–Crippen MR) is 251 cm³/mol. The summed E-state index contributed by atoms with van der Waals surface area (Å²) in [5.74, 6) is -3.26. The molecule has 1 saturated heterocycles. The number of rotatable bonds is 27. The Morgan fingerprint density at radius 3 is 1.97 bits per heavy atom. The number of nitrogens with zero attached hydrogens (tertiary/aromatic N) is 3. The minimum absolute atomic E-state index is 0.0997. The van der Waals surface area contributed by atoms with Crippen LogP contribution in [0.15, 0.2) is 60.8 Å². The number of ketones is 1. The van der Waals surface area contributed by atoms with Gasteiger partial charge >= 0.3 is 0 Å². The molecular weight excluding hydrogens is 927 g/mol. The lowest BCUT2D eigenvalue weighted by molar-refractivity contribution is -0.219. The van der Waals surface area contributed by atoms with Gasteiger partial charge in [0.15, 0.2) is 12.0 Å². The highest BCUT2D eigenvalue weighted by atomic mass is 16.5. The Kier molecular flexibility index (Phi) is 22.2. The third-order valence-electron chi connectivity index (χ3n) is 11.0. The number of ether oxygens (including phenoxy) is 1. The summed E-state index contributed by atoms with van der Waals surface area (Å²) in [4.78, 5) is 115. The average Bonchev–Trinajstić information content (AvgIpc) is 3.81. The number of aromatic nitrogens is 3. The van der Waals surface area contributed by atoms with Crippen molar-refractivity contribution in [3.8, 4) is 12.3 Å². The van der Waals surface area contributed by atoms with Gasteiger partial charge in [-0.15, -0.1) is 17.4 Å². The van der Waals surface area contributed by atoms with E-state index in [1.54, 1.807) is 54.6 Å². The van der Waals surface area contributed by atoms with Crippen LogP contribution < -0.4 is 43.0 Å².